The molecule has 3 heterocycles. The Morgan fingerprint density at radius 2 is 1.88 bits per heavy atom. The number of nitrogens with one attached hydrogen (secondary N) is 1. The van der Waals surface area contributed by atoms with Gasteiger partial charge < -0.3 is 9.30 Å². The second kappa shape index (κ2) is 9.97. The lowest BCUT2D eigenvalue weighted by Gasteiger charge is -2.26. The molecule has 5 rings (SSSR count). The van der Waals surface area contributed by atoms with Crippen molar-refractivity contribution in [3.8, 4) is 0 Å². The Labute approximate surface area is 204 Å². The van der Waals surface area contributed by atoms with Gasteiger partial charge in [-0.2, -0.15) is 4.31 Å². The number of thiophene rings is 1. The smallest absolute Gasteiger partial charge is 0.243 e. The zero-order valence-electron chi connectivity index (χ0n) is 19.1. The predicted molar refractivity (Wildman–Crippen MR) is 134 cm³/mol. The summed E-state index contributed by atoms with van der Waals surface area (Å²) in [6, 6.07) is 19.9. The second-order valence-electron chi connectivity index (χ2n) is 8.18. The van der Waals surface area contributed by atoms with Gasteiger partial charge in [0.25, 0.3) is 0 Å². The van der Waals surface area contributed by atoms with Gasteiger partial charge in [-0.3, -0.25) is 5.32 Å². The molecule has 34 heavy (non-hydrogen) atoms. The molecule has 2 aromatic heterocycles. The van der Waals surface area contributed by atoms with Crippen LogP contribution in [0.3, 0.4) is 0 Å². The summed E-state index contributed by atoms with van der Waals surface area (Å²) >= 11 is 1.72. The van der Waals surface area contributed by atoms with E-state index < -0.39 is 10.0 Å². The molecule has 1 fully saturated rings. The molecular formula is C25H28N4O3S2. The molecule has 0 saturated carbocycles. The molecule has 7 nitrogen and oxygen atoms in total. The van der Waals surface area contributed by atoms with Crippen LogP contribution >= 0.6 is 11.3 Å². The molecule has 1 unspecified atom stereocenters. The molecule has 178 valence electrons. The molecule has 9 heteroatoms. The van der Waals surface area contributed by atoms with Crippen LogP contribution in [0, 0.1) is 0 Å². The van der Waals surface area contributed by atoms with Crippen molar-refractivity contribution < 1.29 is 13.2 Å². The third-order valence-corrected chi connectivity index (χ3v) is 8.98. The van der Waals surface area contributed by atoms with Gasteiger partial charge in [0.2, 0.25) is 10.0 Å². The van der Waals surface area contributed by atoms with Crippen LogP contribution in [0.2, 0.25) is 0 Å². The van der Waals surface area contributed by atoms with Crippen molar-refractivity contribution >= 4 is 32.4 Å². The highest BCUT2D eigenvalue weighted by Crippen LogP contribution is 2.27. The lowest BCUT2D eigenvalue weighted by Crippen LogP contribution is -2.40. The van der Waals surface area contributed by atoms with E-state index in [1.54, 1.807) is 23.5 Å². The summed E-state index contributed by atoms with van der Waals surface area (Å²) in [4.78, 5) is 6.37. The fourth-order valence-corrected chi connectivity index (χ4v) is 6.68. The molecule has 0 amide bonds. The highest BCUT2D eigenvalue weighted by atomic mass is 32.2. The van der Waals surface area contributed by atoms with Crippen LogP contribution < -0.4 is 5.32 Å². The zero-order chi connectivity index (χ0) is 23.5. The van der Waals surface area contributed by atoms with Crippen LogP contribution in [0.1, 0.15) is 29.2 Å². The number of imidazole rings is 1. The van der Waals surface area contributed by atoms with Gasteiger partial charge in [0.1, 0.15) is 5.82 Å². The van der Waals surface area contributed by atoms with E-state index >= 15 is 0 Å². The fourth-order valence-electron chi connectivity index (χ4n) is 4.42. The van der Waals surface area contributed by atoms with Gasteiger partial charge in [0.05, 0.1) is 41.7 Å². The maximum atomic E-state index is 13.1. The first-order valence-corrected chi connectivity index (χ1v) is 13.8. The van der Waals surface area contributed by atoms with E-state index in [-0.39, 0.29) is 10.9 Å². The fraction of sp³-hybridized carbons (Fsp3) is 0.320. The molecule has 0 radical (unpaired) electrons. The summed E-state index contributed by atoms with van der Waals surface area (Å²) in [6.45, 7) is 4.99. The molecule has 2 aromatic carbocycles. The van der Waals surface area contributed by atoms with Gasteiger partial charge in [-0.1, -0.05) is 36.4 Å². The summed E-state index contributed by atoms with van der Waals surface area (Å²) in [6.07, 6.45) is 0. The van der Waals surface area contributed by atoms with E-state index in [0.29, 0.717) is 38.4 Å². The molecule has 1 atom stereocenters. The summed E-state index contributed by atoms with van der Waals surface area (Å²) in [7, 11) is -3.57. The summed E-state index contributed by atoms with van der Waals surface area (Å²) in [5.41, 5.74) is 2.83. The van der Waals surface area contributed by atoms with Gasteiger partial charge >= 0.3 is 0 Å². The van der Waals surface area contributed by atoms with Crippen molar-refractivity contribution in [2.24, 2.45) is 0 Å². The average molecular weight is 497 g/mol. The van der Waals surface area contributed by atoms with E-state index in [1.807, 2.05) is 12.1 Å². The SMILES string of the molecule is CCn1c(CNC(c2ccccc2)c2cccs2)nc2cc(S(=O)(=O)N3CCOCC3)ccc21. The van der Waals surface area contributed by atoms with Crippen molar-refractivity contribution in [2.75, 3.05) is 26.3 Å². The Hall–Kier alpha value is -2.56. The maximum absolute atomic E-state index is 13.1. The van der Waals surface area contributed by atoms with Crippen LogP contribution in [0.5, 0.6) is 0 Å². The maximum Gasteiger partial charge on any atom is 0.243 e. The number of fused-ring (bicyclic) bond motifs is 1. The Kier molecular flexibility index (Phi) is 6.80. The highest BCUT2D eigenvalue weighted by Gasteiger charge is 2.27. The van der Waals surface area contributed by atoms with Gasteiger partial charge in [-0.15, -0.1) is 11.3 Å². The van der Waals surface area contributed by atoms with E-state index in [4.69, 9.17) is 9.72 Å². The number of rotatable bonds is 8. The Bertz CT molecular complexity index is 1350. The minimum atomic E-state index is -3.57. The molecule has 0 aliphatic carbocycles. The number of aromatic nitrogens is 2. The number of hydrogen-bond donors (Lipinski definition) is 1. The van der Waals surface area contributed by atoms with Crippen LogP contribution in [0.4, 0.5) is 0 Å². The minimum Gasteiger partial charge on any atom is -0.379 e. The van der Waals surface area contributed by atoms with Crippen molar-refractivity contribution in [3.05, 3.63) is 82.3 Å². The zero-order valence-corrected chi connectivity index (χ0v) is 20.7. The van der Waals surface area contributed by atoms with Crippen LogP contribution in [-0.2, 0) is 27.8 Å². The number of morpholine rings is 1. The normalized spacial score (nSPS) is 16.1. The Balaban J connectivity index is 1.44. The average Bonchev–Trinajstić information content (AvgIpc) is 3.53. The van der Waals surface area contributed by atoms with Crippen LogP contribution in [0.15, 0.2) is 70.9 Å². The number of aryl methyl sites for hydroxylation is 1. The van der Waals surface area contributed by atoms with Gasteiger partial charge in [-0.05, 0) is 42.1 Å². The minimum absolute atomic E-state index is 0.0589. The van der Waals surface area contributed by atoms with Crippen LogP contribution in [0.25, 0.3) is 11.0 Å². The third kappa shape index (κ3) is 4.54. The van der Waals surface area contributed by atoms with Gasteiger partial charge in [-0.25, -0.2) is 13.4 Å². The van der Waals surface area contributed by atoms with Gasteiger partial charge in [0.15, 0.2) is 0 Å². The van der Waals surface area contributed by atoms with Crippen molar-refractivity contribution in [1.29, 1.82) is 0 Å². The summed E-state index contributed by atoms with van der Waals surface area (Å²) in [5, 5.41) is 5.76. The van der Waals surface area contributed by atoms with E-state index in [2.05, 4.69) is 58.6 Å². The number of benzene rings is 2. The third-order valence-electron chi connectivity index (χ3n) is 6.15. The first-order valence-electron chi connectivity index (χ1n) is 11.5. The van der Waals surface area contributed by atoms with Crippen molar-refractivity contribution in [1.82, 2.24) is 19.2 Å². The predicted octanol–water partition coefficient (Wildman–Crippen LogP) is 4.02. The molecule has 1 saturated heterocycles. The quantitative estimate of drug-likeness (QED) is 0.399. The van der Waals surface area contributed by atoms with Crippen molar-refractivity contribution in [2.45, 2.75) is 31.0 Å². The topological polar surface area (TPSA) is 76.5 Å². The standard InChI is InChI=1S/C25H28N4O3S2/c1-2-29-22-11-10-20(34(30,31)28-12-14-32-15-13-28)17-21(22)27-24(29)18-26-25(23-9-6-16-33-23)19-7-4-3-5-8-19/h3-11,16-17,25-26H,2,12-15,18H2,1H3. The number of sulfonamides is 1. The van der Waals surface area contributed by atoms with Crippen LogP contribution in [-0.4, -0.2) is 48.6 Å². The van der Waals surface area contributed by atoms with Crippen molar-refractivity contribution in [3.63, 3.8) is 0 Å². The highest BCUT2D eigenvalue weighted by molar-refractivity contribution is 7.89. The first kappa shape index (κ1) is 23.2. The van der Waals surface area contributed by atoms with E-state index in [9.17, 15) is 8.42 Å². The summed E-state index contributed by atoms with van der Waals surface area (Å²) in [5.74, 6) is 0.885. The van der Waals surface area contributed by atoms with E-state index in [0.717, 1.165) is 17.9 Å². The summed E-state index contributed by atoms with van der Waals surface area (Å²) < 4.78 is 35.2. The lowest BCUT2D eigenvalue weighted by molar-refractivity contribution is 0.0730. The molecular weight excluding hydrogens is 468 g/mol. The number of nitrogens with zero attached hydrogens (tertiary/aromatic N) is 3. The van der Waals surface area contributed by atoms with E-state index in [1.165, 1.54) is 14.7 Å². The molecule has 1 aliphatic heterocycles. The Morgan fingerprint density at radius 3 is 2.59 bits per heavy atom. The molecule has 0 bridgehead atoms. The largest absolute Gasteiger partial charge is 0.379 e. The van der Waals surface area contributed by atoms with Gasteiger partial charge in [0, 0.05) is 24.5 Å². The molecule has 0 spiro atoms. The number of hydrogen-bond acceptors (Lipinski definition) is 6. The monoisotopic (exact) mass is 496 g/mol. The lowest BCUT2D eigenvalue weighted by atomic mass is 10.1. The molecule has 1 N–H and O–H groups in total. The first-order chi connectivity index (χ1) is 16.6. The second-order valence-corrected chi connectivity index (χ2v) is 11.1. The Morgan fingerprint density at radius 1 is 1.09 bits per heavy atom. The number of ether oxygens (including phenoxy) is 1. The molecule has 4 aromatic rings. The molecule has 1 aliphatic rings.